The lowest BCUT2D eigenvalue weighted by Crippen LogP contribution is -2.44. The van der Waals surface area contributed by atoms with E-state index in [0.717, 1.165) is 0 Å². The standard InChI is InChI=1S/C21H25FN2O6S/c1-29-21-13-17(22)7-8-20(21)30-18-9-11-23(12-10-18)31(27,28)14-19(24(26)15-25)16-5-3-2-4-6-16/h2-8,13,15,18-19,26H,9-12,14H2,1H3. The third-order valence-corrected chi connectivity index (χ3v) is 7.08. The van der Waals surface area contributed by atoms with Gasteiger partial charge in [0.1, 0.15) is 11.9 Å². The van der Waals surface area contributed by atoms with E-state index in [-0.39, 0.29) is 31.4 Å². The predicted molar refractivity (Wildman–Crippen MR) is 111 cm³/mol. The van der Waals surface area contributed by atoms with Crippen LogP contribution in [0.2, 0.25) is 0 Å². The molecule has 1 aliphatic heterocycles. The number of benzene rings is 2. The third kappa shape index (κ3) is 5.72. The van der Waals surface area contributed by atoms with Gasteiger partial charge in [0.2, 0.25) is 16.4 Å². The number of halogens is 1. The zero-order chi connectivity index (χ0) is 22.4. The van der Waals surface area contributed by atoms with Crippen molar-refractivity contribution in [3.8, 4) is 11.5 Å². The van der Waals surface area contributed by atoms with Gasteiger partial charge in [0.25, 0.3) is 0 Å². The lowest BCUT2D eigenvalue weighted by Gasteiger charge is -2.33. The largest absolute Gasteiger partial charge is 0.493 e. The number of hydrogen-bond acceptors (Lipinski definition) is 6. The fraction of sp³-hybridized carbons (Fsp3) is 0.381. The molecule has 1 atom stereocenters. The van der Waals surface area contributed by atoms with E-state index >= 15 is 0 Å². The first-order valence-corrected chi connectivity index (χ1v) is 11.4. The van der Waals surface area contributed by atoms with Crippen molar-refractivity contribution in [3.63, 3.8) is 0 Å². The van der Waals surface area contributed by atoms with Gasteiger partial charge in [-0.15, -0.1) is 0 Å². The van der Waals surface area contributed by atoms with Gasteiger partial charge in [0.05, 0.1) is 18.9 Å². The number of hydrogen-bond donors (Lipinski definition) is 1. The Morgan fingerprint density at radius 2 is 1.87 bits per heavy atom. The molecule has 31 heavy (non-hydrogen) atoms. The molecular formula is C21H25FN2O6S. The summed E-state index contributed by atoms with van der Waals surface area (Å²) in [6, 6.07) is 11.5. The number of methoxy groups -OCH3 is 1. The van der Waals surface area contributed by atoms with Gasteiger partial charge in [0.15, 0.2) is 11.5 Å². The Labute approximate surface area is 180 Å². The maximum Gasteiger partial charge on any atom is 0.233 e. The van der Waals surface area contributed by atoms with Crippen LogP contribution < -0.4 is 9.47 Å². The SMILES string of the molecule is COc1cc(F)ccc1OC1CCN(S(=O)(=O)CC(c2ccccc2)N(O)C=O)CC1. The van der Waals surface area contributed by atoms with E-state index in [1.807, 2.05) is 0 Å². The fourth-order valence-electron chi connectivity index (χ4n) is 3.53. The summed E-state index contributed by atoms with van der Waals surface area (Å²) < 4.78 is 51.6. The van der Waals surface area contributed by atoms with Crippen molar-refractivity contribution in [2.45, 2.75) is 25.0 Å². The molecule has 1 heterocycles. The van der Waals surface area contributed by atoms with Crippen LogP contribution in [-0.4, -0.2) is 61.5 Å². The van der Waals surface area contributed by atoms with Crippen LogP contribution >= 0.6 is 0 Å². The number of sulfonamides is 1. The molecule has 1 unspecified atom stereocenters. The van der Waals surface area contributed by atoms with E-state index in [0.29, 0.717) is 29.2 Å². The summed E-state index contributed by atoms with van der Waals surface area (Å²) in [5.74, 6) is -0.205. The van der Waals surface area contributed by atoms with Crippen LogP contribution in [0.4, 0.5) is 4.39 Å². The van der Waals surface area contributed by atoms with Gasteiger partial charge in [-0.05, 0) is 30.5 Å². The van der Waals surface area contributed by atoms with E-state index in [1.165, 1.54) is 29.6 Å². The van der Waals surface area contributed by atoms with E-state index in [9.17, 15) is 22.8 Å². The average Bonchev–Trinajstić information content (AvgIpc) is 2.79. The monoisotopic (exact) mass is 452 g/mol. The van der Waals surface area contributed by atoms with Gasteiger partial charge in [-0.3, -0.25) is 10.0 Å². The summed E-state index contributed by atoms with van der Waals surface area (Å²) in [4.78, 5) is 11.1. The minimum atomic E-state index is -3.76. The van der Waals surface area contributed by atoms with Gasteiger partial charge in [-0.25, -0.2) is 22.2 Å². The number of nitrogens with zero attached hydrogens (tertiary/aromatic N) is 2. The molecule has 0 saturated carbocycles. The summed E-state index contributed by atoms with van der Waals surface area (Å²) in [5, 5.41) is 10.3. The van der Waals surface area contributed by atoms with Gasteiger partial charge >= 0.3 is 0 Å². The van der Waals surface area contributed by atoms with Crippen molar-refractivity contribution in [2.24, 2.45) is 0 Å². The zero-order valence-electron chi connectivity index (χ0n) is 17.1. The number of carbonyl (C=O) groups is 1. The summed E-state index contributed by atoms with van der Waals surface area (Å²) >= 11 is 0. The first kappa shape index (κ1) is 23.0. The number of carbonyl (C=O) groups excluding carboxylic acids is 1. The molecule has 0 spiro atoms. The van der Waals surface area contributed by atoms with Gasteiger partial charge in [0, 0.05) is 19.2 Å². The van der Waals surface area contributed by atoms with Crippen LogP contribution in [0.25, 0.3) is 0 Å². The topological polar surface area (TPSA) is 96.4 Å². The summed E-state index contributed by atoms with van der Waals surface area (Å²) in [5.41, 5.74) is 0.516. The second-order valence-electron chi connectivity index (χ2n) is 7.20. The Morgan fingerprint density at radius 3 is 2.48 bits per heavy atom. The van der Waals surface area contributed by atoms with Crippen molar-refractivity contribution < 1.29 is 32.3 Å². The van der Waals surface area contributed by atoms with Crippen molar-refractivity contribution in [2.75, 3.05) is 26.0 Å². The van der Waals surface area contributed by atoms with Crippen LogP contribution in [-0.2, 0) is 14.8 Å². The van der Waals surface area contributed by atoms with Crippen LogP contribution in [0.3, 0.4) is 0 Å². The number of rotatable bonds is 9. The normalized spacial score (nSPS) is 16.5. The molecule has 0 bridgehead atoms. The highest BCUT2D eigenvalue weighted by Gasteiger charge is 2.33. The molecule has 1 fully saturated rings. The molecule has 1 amide bonds. The second-order valence-corrected chi connectivity index (χ2v) is 9.22. The lowest BCUT2D eigenvalue weighted by molar-refractivity contribution is -0.159. The molecule has 3 rings (SSSR count). The number of amides is 1. The van der Waals surface area contributed by atoms with Crippen molar-refractivity contribution in [1.82, 2.24) is 9.37 Å². The molecule has 1 aliphatic rings. The van der Waals surface area contributed by atoms with E-state index in [1.54, 1.807) is 30.3 Å². The Balaban J connectivity index is 1.64. The Bertz CT molecular complexity index is 981. The maximum atomic E-state index is 13.4. The molecule has 2 aromatic carbocycles. The second kappa shape index (κ2) is 10.1. The molecule has 8 nitrogen and oxygen atoms in total. The number of hydroxylamine groups is 2. The molecule has 1 N–H and O–H groups in total. The van der Waals surface area contributed by atoms with Crippen molar-refractivity contribution in [1.29, 1.82) is 0 Å². The first-order valence-electron chi connectivity index (χ1n) is 9.79. The van der Waals surface area contributed by atoms with Crippen molar-refractivity contribution >= 4 is 16.4 Å². The minimum absolute atomic E-state index is 0.198. The van der Waals surface area contributed by atoms with Gasteiger partial charge < -0.3 is 9.47 Å². The van der Waals surface area contributed by atoms with Gasteiger partial charge in [-0.2, -0.15) is 0 Å². The van der Waals surface area contributed by atoms with Crippen LogP contribution in [0, 0.1) is 5.82 Å². The Kier molecular flexibility index (Phi) is 7.47. The molecule has 0 aromatic heterocycles. The highest BCUT2D eigenvalue weighted by Crippen LogP contribution is 2.31. The quantitative estimate of drug-likeness (QED) is 0.357. The van der Waals surface area contributed by atoms with Crippen LogP contribution in [0.1, 0.15) is 24.4 Å². The molecular weight excluding hydrogens is 427 g/mol. The molecule has 2 aromatic rings. The first-order chi connectivity index (χ1) is 14.8. The average molecular weight is 453 g/mol. The molecule has 0 aliphatic carbocycles. The lowest BCUT2D eigenvalue weighted by atomic mass is 10.1. The predicted octanol–water partition coefficient (Wildman–Crippen LogP) is 2.60. The van der Waals surface area contributed by atoms with Crippen molar-refractivity contribution in [3.05, 3.63) is 59.9 Å². The molecule has 168 valence electrons. The molecule has 10 heteroatoms. The highest BCUT2D eigenvalue weighted by molar-refractivity contribution is 7.89. The van der Waals surface area contributed by atoms with E-state index in [4.69, 9.17) is 9.47 Å². The van der Waals surface area contributed by atoms with Gasteiger partial charge in [-0.1, -0.05) is 30.3 Å². The minimum Gasteiger partial charge on any atom is -0.493 e. The smallest absolute Gasteiger partial charge is 0.233 e. The highest BCUT2D eigenvalue weighted by atomic mass is 32.2. The summed E-state index contributed by atoms with van der Waals surface area (Å²) in [7, 11) is -2.34. The Hall–Kier alpha value is -2.69. The number of piperidine rings is 1. The van der Waals surface area contributed by atoms with Crippen LogP contribution in [0.5, 0.6) is 11.5 Å². The van der Waals surface area contributed by atoms with Crippen LogP contribution in [0.15, 0.2) is 48.5 Å². The Morgan fingerprint density at radius 1 is 1.19 bits per heavy atom. The molecule has 1 saturated heterocycles. The van der Waals surface area contributed by atoms with E-state index < -0.39 is 27.6 Å². The summed E-state index contributed by atoms with van der Waals surface area (Å²) in [6.07, 6.45) is 0.821. The fourth-order valence-corrected chi connectivity index (χ4v) is 5.25. The van der Waals surface area contributed by atoms with E-state index in [2.05, 4.69) is 0 Å². The summed E-state index contributed by atoms with van der Waals surface area (Å²) in [6.45, 7) is 0.453. The maximum absolute atomic E-state index is 13.4. The zero-order valence-corrected chi connectivity index (χ0v) is 17.9. The molecule has 0 radical (unpaired) electrons. The third-order valence-electron chi connectivity index (χ3n) is 5.19. The number of ether oxygens (including phenoxy) is 2.